The van der Waals surface area contributed by atoms with Crippen molar-refractivity contribution in [3.8, 4) is 5.82 Å². The van der Waals surface area contributed by atoms with Gasteiger partial charge in [-0.25, -0.2) is 14.6 Å². The molecule has 10 nitrogen and oxygen atoms in total. The molecule has 0 saturated carbocycles. The molecule has 1 aromatic carbocycles. The van der Waals surface area contributed by atoms with Gasteiger partial charge in [0.1, 0.15) is 12.7 Å². The third kappa shape index (κ3) is 4.57. The SMILES string of the molecule is COCc1cc(-n2cnc(Nc3cc(C)cc(N4CCN(C5COC5)CC4)c3)n2)ncn1. The smallest absolute Gasteiger partial charge is 0.247 e. The van der Waals surface area contributed by atoms with Gasteiger partial charge in [0.15, 0.2) is 5.82 Å². The van der Waals surface area contributed by atoms with Crippen molar-refractivity contribution >= 4 is 17.3 Å². The van der Waals surface area contributed by atoms with E-state index in [-0.39, 0.29) is 0 Å². The Bertz CT molecular complexity index is 1060. The molecule has 5 rings (SSSR count). The van der Waals surface area contributed by atoms with E-state index in [0.29, 0.717) is 24.4 Å². The first kappa shape index (κ1) is 20.8. The minimum Gasteiger partial charge on any atom is -0.378 e. The summed E-state index contributed by atoms with van der Waals surface area (Å²) in [7, 11) is 1.64. The fourth-order valence-corrected chi connectivity index (χ4v) is 4.09. The van der Waals surface area contributed by atoms with E-state index in [1.54, 1.807) is 18.1 Å². The minimum absolute atomic E-state index is 0.421. The Hall–Kier alpha value is -3.08. The number of nitrogens with zero attached hydrogens (tertiary/aromatic N) is 7. The third-order valence-corrected chi connectivity index (χ3v) is 5.86. The lowest BCUT2D eigenvalue weighted by molar-refractivity contribution is -0.0660. The van der Waals surface area contributed by atoms with E-state index in [1.807, 2.05) is 6.07 Å². The molecular weight excluding hydrogens is 408 g/mol. The molecule has 0 bridgehead atoms. The fraction of sp³-hybridized carbons (Fsp3) is 0.455. The highest BCUT2D eigenvalue weighted by Gasteiger charge is 2.29. The van der Waals surface area contributed by atoms with Gasteiger partial charge in [-0.3, -0.25) is 4.90 Å². The normalized spacial score (nSPS) is 17.4. The Morgan fingerprint density at radius 1 is 1.06 bits per heavy atom. The Kier molecular flexibility index (Phi) is 5.97. The molecule has 0 radical (unpaired) electrons. The predicted molar refractivity (Wildman–Crippen MR) is 121 cm³/mol. The lowest BCUT2D eigenvalue weighted by atomic mass is 10.1. The first-order chi connectivity index (χ1) is 15.7. The van der Waals surface area contributed by atoms with Gasteiger partial charge in [-0.05, 0) is 30.7 Å². The van der Waals surface area contributed by atoms with Gasteiger partial charge in [-0.15, -0.1) is 5.10 Å². The maximum atomic E-state index is 5.34. The van der Waals surface area contributed by atoms with Crippen molar-refractivity contribution in [2.24, 2.45) is 0 Å². The summed E-state index contributed by atoms with van der Waals surface area (Å²) >= 11 is 0. The number of benzene rings is 1. The zero-order chi connectivity index (χ0) is 21.9. The summed E-state index contributed by atoms with van der Waals surface area (Å²) in [4.78, 5) is 17.8. The number of hydrogen-bond acceptors (Lipinski definition) is 9. The quantitative estimate of drug-likeness (QED) is 0.595. The number of rotatable bonds is 7. The summed E-state index contributed by atoms with van der Waals surface area (Å²) in [5.41, 5.74) is 4.17. The van der Waals surface area contributed by atoms with Gasteiger partial charge in [-0.1, -0.05) is 0 Å². The van der Waals surface area contributed by atoms with Gasteiger partial charge in [0.2, 0.25) is 5.95 Å². The van der Waals surface area contributed by atoms with E-state index in [1.165, 1.54) is 17.6 Å². The predicted octanol–water partition coefficient (Wildman–Crippen LogP) is 1.78. The van der Waals surface area contributed by atoms with E-state index >= 15 is 0 Å². The van der Waals surface area contributed by atoms with Crippen LogP contribution in [0.1, 0.15) is 11.3 Å². The average molecular weight is 437 g/mol. The van der Waals surface area contributed by atoms with Crippen LogP contribution in [0, 0.1) is 6.92 Å². The van der Waals surface area contributed by atoms with Crippen LogP contribution in [0.2, 0.25) is 0 Å². The van der Waals surface area contributed by atoms with Gasteiger partial charge in [0.05, 0.1) is 31.6 Å². The van der Waals surface area contributed by atoms with Crippen molar-refractivity contribution in [1.82, 2.24) is 29.6 Å². The first-order valence-electron chi connectivity index (χ1n) is 10.9. The zero-order valence-electron chi connectivity index (χ0n) is 18.4. The van der Waals surface area contributed by atoms with Gasteiger partial charge < -0.3 is 19.7 Å². The van der Waals surface area contributed by atoms with E-state index < -0.39 is 0 Å². The van der Waals surface area contributed by atoms with Crippen molar-refractivity contribution in [3.63, 3.8) is 0 Å². The Morgan fingerprint density at radius 2 is 1.91 bits per heavy atom. The van der Waals surface area contributed by atoms with E-state index in [9.17, 15) is 0 Å². The van der Waals surface area contributed by atoms with Crippen LogP contribution < -0.4 is 10.2 Å². The zero-order valence-corrected chi connectivity index (χ0v) is 18.4. The number of anilines is 3. The fourth-order valence-electron chi connectivity index (χ4n) is 4.09. The molecule has 1 N–H and O–H groups in total. The molecule has 0 unspecified atom stereocenters. The highest BCUT2D eigenvalue weighted by Crippen LogP contribution is 2.26. The lowest BCUT2D eigenvalue weighted by Crippen LogP contribution is -2.56. The second-order valence-electron chi connectivity index (χ2n) is 8.21. The van der Waals surface area contributed by atoms with Gasteiger partial charge in [-0.2, -0.15) is 4.98 Å². The second-order valence-corrected chi connectivity index (χ2v) is 8.21. The van der Waals surface area contributed by atoms with Crippen molar-refractivity contribution < 1.29 is 9.47 Å². The molecule has 2 aliphatic heterocycles. The summed E-state index contributed by atoms with van der Waals surface area (Å²) in [6.45, 7) is 8.46. The van der Waals surface area contributed by atoms with Crippen LogP contribution in [0.5, 0.6) is 0 Å². The first-order valence-corrected chi connectivity index (χ1v) is 10.9. The summed E-state index contributed by atoms with van der Waals surface area (Å²) in [6.07, 6.45) is 3.14. The topological polar surface area (TPSA) is 93.5 Å². The molecular formula is C22H28N8O2. The number of methoxy groups -OCH3 is 1. The summed E-state index contributed by atoms with van der Waals surface area (Å²) in [6, 6.07) is 8.94. The number of piperazine rings is 1. The van der Waals surface area contributed by atoms with E-state index in [2.05, 4.69) is 60.3 Å². The van der Waals surface area contributed by atoms with Crippen LogP contribution in [0.15, 0.2) is 36.9 Å². The maximum Gasteiger partial charge on any atom is 0.247 e. The number of ether oxygens (including phenoxy) is 2. The molecule has 0 aliphatic carbocycles. The molecule has 168 valence electrons. The molecule has 3 aromatic rings. The maximum absolute atomic E-state index is 5.34. The molecule has 2 saturated heterocycles. The van der Waals surface area contributed by atoms with Crippen molar-refractivity contribution in [2.75, 3.05) is 56.7 Å². The summed E-state index contributed by atoms with van der Waals surface area (Å²) in [5.74, 6) is 1.16. The van der Waals surface area contributed by atoms with Crippen LogP contribution in [0.25, 0.3) is 5.82 Å². The Labute approximate surface area is 187 Å². The standard InChI is InChI=1S/C22H28N8O2/c1-16-7-17(9-19(8-16)28-3-5-29(6-4-28)20-12-32-13-20)26-22-25-15-30(27-22)21-10-18(11-31-2)23-14-24-21/h7-10,14-15,20H,3-6,11-13H2,1-2H3,(H,26,27). The monoisotopic (exact) mass is 436 g/mol. The Morgan fingerprint density at radius 3 is 2.66 bits per heavy atom. The van der Waals surface area contributed by atoms with Crippen molar-refractivity contribution in [3.05, 3.63) is 48.2 Å². The summed E-state index contributed by atoms with van der Waals surface area (Å²) < 4.78 is 12.1. The van der Waals surface area contributed by atoms with Crippen LogP contribution in [-0.2, 0) is 16.1 Å². The Balaban J connectivity index is 1.27. The van der Waals surface area contributed by atoms with Gasteiger partial charge in [0.25, 0.3) is 0 Å². The van der Waals surface area contributed by atoms with Gasteiger partial charge in [0, 0.05) is 50.7 Å². The second kappa shape index (κ2) is 9.19. The molecule has 4 heterocycles. The van der Waals surface area contributed by atoms with E-state index in [4.69, 9.17) is 9.47 Å². The molecule has 2 aromatic heterocycles. The van der Waals surface area contributed by atoms with Crippen LogP contribution in [0.4, 0.5) is 17.3 Å². The van der Waals surface area contributed by atoms with Crippen LogP contribution in [-0.4, -0.2) is 82.2 Å². The number of aromatic nitrogens is 5. The number of hydrogen-bond donors (Lipinski definition) is 1. The minimum atomic E-state index is 0.421. The molecule has 0 spiro atoms. The molecule has 2 fully saturated rings. The number of aryl methyl sites for hydroxylation is 1. The molecule has 0 atom stereocenters. The van der Waals surface area contributed by atoms with Gasteiger partial charge >= 0.3 is 0 Å². The summed E-state index contributed by atoms with van der Waals surface area (Å²) in [5, 5.41) is 7.86. The highest BCUT2D eigenvalue weighted by molar-refractivity contribution is 5.64. The lowest BCUT2D eigenvalue weighted by Gasteiger charge is -2.43. The van der Waals surface area contributed by atoms with E-state index in [0.717, 1.165) is 50.8 Å². The third-order valence-electron chi connectivity index (χ3n) is 5.86. The molecule has 32 heavy (non-hydrogen) atoms. The molecule has 2 aliphatic rings. The van der Waals surface area contributed by atoms with Crippen LogP contribution in [0.3, 0.4) is 0 Å². The molecule has 0 amide bonds. The van der Waals surface area contributed by atoms with Crippen molar-refractivity contribution in [2.45, 2.75) is 19.6 Å². The number of nitrogens with one attached hydrogen (secondary N) is 1. The average Bonchev–Trinajstić information content (AvgIpc) is 3.22. The van der Waals surface area contributed by atoms with Crippen LogP contribution >= 0.6 is 0 Å². The highest BCUT2D eigenvalue weighted by atomic mass is 16.5. The molecule has 10 heteroatoms. The van der Waals surface area contributed by atoms with Crippen molar-refractivity contribution in [1.29, 1.82) is 0 Å². The largest absolute Gasteiger partial charge is 0.378 e.